The summed E-state index contributed by atoms with van der Waals surface area (Å²) in [4.78, 5) is 0.477. The van der Waals surface area contributed by atoms with E-state index in [0.29, 0.717) is 27.5 Å². The third-order valence-corrected chi connectivity index (χ3v) is 2.67. The van der Waals surface area contributed by atoms with Crippen LogP contribution >= 0.6 is 24.0 Å². The van der Waals surface area contributed by atoms with Gasteiger partial charge in [-0.1, -0.05) is 23.9 Å². The van der Waals surface area contributed by atoms with Gasteiger partial charge < -0.3 is 10.6 Å². The largest absolute Gasteiger partial charge is 0.366 e. The number of thiocarbonyl (C=S) groups is 1. The highest BCUT2D eigenvalue weighted by Crippen LogP contribution is 2.31. The van der Waals surface area contributed by atoms with Crippen LogP contribution < -0.4 is 10.6 Å². The van der Waals surface area contributed by atoms with Crippen molar-refractivity contribution in [3.63, 3.8) is 0 Å². The summed E-state index contributed by atoms with van der Waals surface area (Å²) in [6, 6.07) is 6.79. The number of nitrogens with one attached hydrogen (secondary N) is 2. The zero-order valence-corrected chi connectivity index (χ0v) is 9.59. The fraction of sp³-hybridized carbons (Fsp3) is 0.222. The van der Waals surface area contributed by atoms with E-state index in [0.717, 1.165) is 0 Å². The van der Waals surface area contributed by atoms with Crippen molar-refractivity contribution in [2.75, 3.05) is 12.4 Å². The summed E-state index contributed by atoms with van der Waals surface area (Å²) in [6.07, 6.45) is 0. The lowest BCUT2D eigenvalue weighted by Gasteiger charge is -2.11. The van der Waals surface area contributed by atoms with E-state index in [1.165, 1.54) is 0 Å². The van der Waals surface area contributed by atoms with Gasteiger partial charge >= 0.3 is 0 Å². The lowest BCUT2D eigenvalue weighted by Crippen LogP contribution is -2.24. The number of para-hydroxylation sites is 1. The molecule has 0 aliphatic rings. The fourth-order valence-corrected chi connectivity index (χ4v) is 1.66. The van der Waals surface area contributed by atoms with E-state index in [-0.39, 0.29) is 0 Å². The van der Waals surface area contributed by atoms with Crippen molar-refractivity contribution in [2.45, 2.75) is 10.7 Å². The highest BCUT2D eigenvalue weighted by molar-refractivity contribution is 7.99. The molecule has 1 aromatic carbocycles. The van der Waals surface area contributed by atoms with Gasteiger partial charge in [0, 0.05) is 11.9 Å². The van der Waals surface area contributed by atoms with Crippen LogP contribution in [0, 0.1) is 0 Å². The van der Waals surface area contributed by atoms with Crippen LogP contribution in [0.2, 0.25) is 0 Å². The molecule has 0 radical (unpaired) electrons. The zero-order valence-electron chi connectivity index (χ0n) is 7.96. The Bertz CT molecular complexity index is 345. The number of benzene rings is 1. The van der Waals surface area contributed by atoms with E-state index >= 15 is 0 Å². The highest BCUT2D eigenvalue weighted by Gasteiger charge is 2.09. The van der Waals surface area contributed by atoms with Gasteiger partial charge in [0.2, 0.25) is 0 Å². The molecule has 1 rings (SSSR count). The van der Waals surface area contributed by atoms with Crippen LogP contribution in [0.3, 0.4) is 0 Å². The standard InChI is InChI=1S/C9H10F2N2S2/c1-12-9(14)13-6-4-2-3-5-7(6)15-8(10)11/h2-5,8H,1H3,(H2,12,13,14). The summed E-state index contributed by atoms with van der Waals surface area (Å²) in [5, 5.41) is 5.95. The number of rotatable bonds is 3. The molecule has 0 heterocycles. The van der Waals surface area contributed by atoms with Crippen LogP contribution in [0.25, 0.3) is 0 Å². The molecule has 0 saturated carbocycles. The average Bonchev–Trinajstić information content (AvgIpc) is 2.20. The van der Waals surface area contributed by atoms with E-state index in [1.807, 2.05) is 0 Å². The van der Waals surface area contributed by atoms with Crippen molar-refractivity contribution in [3.05, 3.63) is 24.3 Å². The first-order valence-electron chi connectivity index (χ1n) is 4.16. The summed E-state index contributed by atoms with van der Waals surface area (Å²) < 4.78 is 24.4. The molecule has 15 heavy (non-hydrogen) atoms. The number of anilines is 1. The Hall–Kier alpha value is -0.880. The maximum Gasteiger partial charge on any atom is 0.288 e. The monoisotopic (exact) mass is 248 g/mol. The van der Waals surface area contributed by atoms with Crippen LogP contribution in [-0.4, -0.2) is 17.9 Å². The normalized spacial score (nSPS) is 10.1. The van der Waals surface area contributed by atoms with Crippen molar-refractivity contribution in [2.24, 2.45) is 0 Å². The zero-order chi connectivity index (χ0) is 11.3. The van der Waals surface area contributed by atoms with Gasteiger partial charge in [-0.3, -0.25) is 0 Å². The molecule has 0 atom stereocenters. The van der Waals surface area contributed by atoms with Crippen molar-refractivity contribution in [3.8, 4) is 0 Å². The molecule has 0 aliphatic carbocycles. The minimum Gasteiger partial charge on any atom is -0.366 e. The third kappa shape index (κ3) is 4.01. The molecule has 0 unspecified atom stereocenters. The summed E-state index contributed by atoms with van der Waals surface area (Å²) in [6.45, 7) is 0. The molecule has 2 N–H and O–H groups in total. The maximum absolute atomic E-state index is 12.2. The van der Waals surface area contributed by atoms with Gasteiger partial charge in [-0.25, -0.2) is 0 Å². The molecule has 0 aliphatic heterocycles. The first-order valence-corrected chi connectivity index (χ1v) is 5.45. The Balaban J connectivity index is 2.81. The fourth-order valence-electron chi connectivity index (χ4n) is 0.953. The van der Waals surface area contributed by atoms with Crippen LogP contribution in [0.1, 0.15) is 0 Å². The van der Waals surface area contributed by atoms with Crippen LogP contribution in [0.5, 0.6) is 0 Å². The quantitative estimate of drug-likeness (QED) is 0.634. The smallest absolute Gasteiger partial charge is 0.288 e. The summed E-state index contributed by atoms with van der Waals surface area (Å²) in [7, 11) is 1.66. The van der Waals surface area contributed by atoms with Gasteiger partial charge in [-0.05, 0) is 24.4 Å². The molecular weight excluding hydrogens is 238 g/mol. The molecule has 0 aromatic heterocycles. The van der Waals surface area contributed by atoms with E-state index in [1.54, 1.807) is 31.3 Å². The molecule has 1 aromatic rings. The summed E-state index contributed by atoms with van der Waals surface area (Å²) >= 11 is 5.39. The van der Waals surface area contributed by atoms with Crippen molar-refractivity contribution in [1.29, 1.82) is 0 Å². The minimum atomic E-state index is -2.43. The first-order chi connectivity index (χ1) is 7.13. The lowest BCUT2D eigenvalue weighted by atomic mass is 10.3. The van der Waals surface area contributed by atoms with Gasteiger partial charge in [0.1, 0.15) is 0 Å². The molecule has 0 amide bonds. The summed E-state index contributed by atoms with van der Waals surface area (Å²) in [5.41, 5.74) is 0.585. The Morgan fingerprint density at radius 3 is 2.67 bits per heavy atom. The Kier molecular flexibility index (Phi) is 4.77. The van der Waals surface area contributed by atoms with Crippen molar-refractivity contribution >= 4 is 34.8 Å². The second kappa shape index (κ2) is 5.87. The Labute approximate surface area is 96.4 Å². The lowest BCUT2D eigenvalue weighted by molar-refractivity contribution is 0.252. The van der Waals surface area contributed by atoms with E-state index in [9.17, 15) is 8.78 Å². The van der Waals surface area contributed by atoms with Gasteiger partial charge in [0.25, 0.3) is 5.76 Å². The van der Waals surface area contributed by atoms with E-state index in [4.69, 9.17) is 12.2 Å². The molecule has 6 heteroatoms. The number of alkyl halides is 2. The van der Waals surface area contributed by atoms with Gasteiger partial charge in [-0.2, -0.15) is 8.78 Å². The molecule has 0 saturated heterocycles. The Morgan fingerprint density at radius 1 is 1.40 bits per heavy atom. The van der Waals surface area contributed by atoms with Crippen LogP contribution in [0.15, 0.2) is 29.2 Å². The number of thioether (sulfide) groups is 1. The second-order valence-electron chi connectivity index (χ2n) is 2.58. The molecule has 0 spiro atoms. The van der Waals surface area contributed by atoms with Crippen molar-refractivity contribution < 1.29 is 8.78 Å². The molecular formula is C9H10F2N2S2. The average molecular weight is 248 g/mol. The first kappa shape index (κ1) is 12.2. The highest BCUT2D eigenvalue weighted by atomic mass is 32.2. The van der Waals surface area contributed by atoms with Crippen LogP contribution in [-0.2, 0) is 0 Å². The molecule has 82 valence electrons. The van der Waals surface area contributed by atoms with E-state index < -0.39 is 5.76 Å². The molecule has 0 fully saturated rings. The minimum absolute atomic E-state index is 0.400. The van der Waals surface area contributed by atoms with Crippen LogP contribution in [0.4, 0.5) is 14.5 Å². The third-order valence-electron chi connectivity index (χ3n) is 1.58. The predicted octanol–water partition coefficient (Wildman–Crippen LogP) is 2.92. The van der Waals surface area contributed by atoms with E-state index in [2.05, 4.69) is 10.6 Å². The number of halogens is 2. The van der Waals surface area contributed by atoms with Gasteiger partial charge in [0.15, 0.2) is 5.11 Å². The van der Waals surface area contributed by atoms with Crippen molar-refractivity contribution in [1.82, 2.24) is 5.32 Å². The molecule has 2 nitrogen and oxygen atoms in total. The van der Waals surface area contributed by atoms with Gasteiger partial charge in [-0.15, -0.1) is 0 Å². The molecule has 0 bridgehead atoms. The summed E-state index contributed by atoms with van der Waals surface area (Å²) in [5.74, 6) is -2.43. The SMILES string of the molecule is CNC(=S)Nc1ccccc1SC(F)F. The number of hydrogen-bond acceptors (Lipinski definition) is 2. The Morgan fingerprint density at radius 2 is 2.07 bits per heavy atom. The topological polar surface area (TPSA) is 24.1 Å². The van der Waals surface area contributed by atoms with Gasteiger partial charge in [0.05, 0.1) is 5.69 Å². The predicted molar refractivity (Wildman–Crippen MR) is 63.6 cm³/mol. The maximum atomic E-state index is 12.2. The number of hydrogen-bond donors (Lipinski definition) is 2. The second-order valence-corrected chi connectivity index (χ2v) is 4.02.